The summed E-state index contributed by atoms with van der Waals surface area (Å²) >= 11 is 0. The van der Waals surface area contributed by atoms with Crippen molar-refractivity contribution < 1.29 is 30.6 Å². The molecular formula is C12H20N2O6. The van der Waals surface area contributed by atoms with Gasteiger partial charge < -0.3 is 30.6 Å². The molecule has 1 rings (SSSR count). The number of hydrogen-bond donors (Lipinski definition) is 6. The molecule has 0 saturated heterocycles. The van der Waals surface area contributed by atoms with Crippen molar-refractivity contribution in [2.45, 2.75) is 43.9 Å². The molecule has 8 nitrogen and oxygen atoms in total. The molecule has 8 heteroatoms. The van der Waals surface area contributed by atoms with E-state index in [1.54, 1.807) is 0 Å². The molecule has 0 fully saturated rings. The van der Waals surface area contributed by atoms with Gasteiger partial charge in [0.1, 0.15) is 6.10 Å². The molecule has 6 N–H and O–H groups in total. The van der Waals surface area contributed by atoms with Crippen molar-refractivity contribution in [2.24, 2.45) is 0 Å². The molecule has 2 atom stereocenters. The van der Waals surface area contributed by atoms with Crippen molar-refractivity contribution in [3.05, 3.63) is 23.8 Å². The fourth-order valence-corrected chi connectivity index (χ4v) is 1.64. The van der Waals surface area contributed by atoms with E-state index in [2.05, 4.69) is 9.97 Å². The highest BCUT2D eigenvalue weighted by Gasteiger charge is 2.20. The summed E-state index contributed by atoms with van der Waals surface area (Å²) in [7, 11) is 0. The summed E-state index contributed by atoms with van der Waals surface area (Å²) in [4.78, 5) is 7.98. The van der Waals surface area contributed by atoms with Gasteiger partial charge in [-0.25, -0.2) is 0 Å². The highest BCUT2D eigenvalue weighted by atomic mass is 16.7. The Morgan fingerprint density at radius 2 is 1.80 bits per heavy atom. The number of aryl methyl sites for hydroxylation is 1. The first kappa shape index (κ1) is 16.9. The standard InChI is InChI=1S/C12H20N2O6/c15-5-3-10(16)11(17)9-7-13-8(6-14-9)2-1-4-12(18,19)20/h6-7,10-11,15-20H,1-5H2. The molecule has 20 heavy (non-hydrogen) atoms. The van der Waals surface area contributed by atoms with Crippen LogP contribution in [0.5, 0.6) is 0 Å². The predicted molar refractivity (Wildman–Crippen MR) is 67.0 cm³/mol. The zero-order valence-corrected chi connectivity index (χ0v) is 10.9. The summed E-state index contributed by atoms with van der Waals surface area (Å²) in [6, 6.07) is 0. The Hall–Kier alpha value is -1.16. The van der Waals surface area contributed by atoms with E-state index in [0.29, 0.717) is 18.5 Å². The van der Waals surface area contributed by atoms with Gasteiger partial charge in [-0.1, -0.05) is 0 Å². The number of rotatable bonds is 8. The monoisotopic (exact) mass is 288 g/mol. The molecule has 1 aromatic heterocycles. The third-order valence-corrected chi connectivity index (χ3v) is 2.76. The largest absolute Gasteiger partial charge is 0.396 e. The predicted octanol–water partition coefficient (Wildman–Crippen LogP) is -1.79. The highest BCUT2D eigenvalue weighted by molar-refractivity contribution is 5.06. The average Bonchev–Trinajstić information content (AvgIpc) is 2.37. The lowest BCUT2D eigenvalue weighted by molar-refractivity contribution is -0.314. The molecule has 0 bridgehead atoms. The average molecular weight is 288 g/mol. The van der Waals surface area contributed by atoms with Crippen molar-refractivity contribution >= 4 is 0 Å². The molecule has 0 aliphatic rings. The molecular weight excluding hydrogens is 268 g/mol. The van der Waals surface area contributed by atoms with Crippen LogP contribution in [0.15, 0.2) is 12.4 Å². The zero-order valence-electron chi connectivity index (χ0n) is 10.9. The van der Waals surface area contributed by atoms with Crippen molar-refractivity contribution in [1.29, 1.82) is 0 Å². The lowest BCUT2D eigenvalue weighted by atomic mass is 10.1. The summed E-state index contributed by atoms with van der Waals surface area (Å²) in [6.07, 6.45) is 0.884. The smallest absolute Gasteiger partial charge is 0.275 e. The van der Waals surface area contributed by atoms with Crippen molar-refractivity contribution in [2.75, 3.05) is 6.61 Å². The Bertz CT molecular complexity index is 392. The van der Waals surface area contributed by atoms with Crippen LogP contribution < -0.4 is 0 Å². The number of aromatic nitrogens is 2. The molecule has 1 heterocycles. The molecule has 0 aliphatic carbocycles. The fourth-order valence-electron chi connectivity index (χ4n) is 1.64. The summed E-state index contributed by atoms with van der Waals surface area (Å²) in [5.41, 5.74) is 0.748. The van der Waals surface area contributed by atoms with E-state index in [1.165, 1.54) is 12.4 Å². The number of aliphatic hydroxyl groups excluding tert-OH is 3. The molecule has 1 aromatic rings. The minimum Gasteiger partial charge on any atom is -0.396 e. The second kappa shape index (κ2) is 7.58. The van der Waals surface area contributed by atoms with Crippen LogP contribution in [0.4, 0.5) is 0 Å². The van der Waals surface area contributed by atoms with E-state index in [0.717, 1.165) is 0 Å². The number of hydrogen-bond acceptors (Lipinski definition) is 8. The van der Waals surface area contributed by atoms with Crippen LogP contribution in [-0.4, -0.2) is 59.3 Å². The maximum atomic E-state index is 9.73. The van der Waals surface area contributed by atoms with Crippen LogP contribution >= 0.6 is 0 Å². The summed E-state index contributed by atoms with van der Waals surface area (Å²) < 4.78 is 0. The molecule has 0 aromatic carbocycles. The number of aliphatic hydroxyl groups is 6. The fraction of sp³-hybridized carbons (Fsp3) is 0.667. The van der Waals surface area contributed by atoms with Crippen molar-refractivity contribution in [3.8, 4) is 0 Å². The van der Waals surface area contributed by atoms with E-state index in [4.69, 9.17) is 20.4 Å². The zero-order chi connectivity index (χ0) is 15.2. The lowest BCUT2D eigenvalue weighted by Crippen LogP contribution is -2.26. The van der Waals surface area contributed by atoms with E-state index >= 15 is 0 Å². The molecule has 114 valence electrons. The van der Waals surface area contributed by atoms with Crippen LogP contribution in [0.2, 0.25) is 0 Å². The van der Waals surface area contributed by atoms with E-state index in [9.17, 15) is 10.2 Å². The van der Waals surface area contributed by atoms with Gasteiger partial charge in [-0.15, -0.1) is 0 Å². The van der Waals surface area contributed by atoms with Gasteiger partial charge in [0.25, 0.3) is 5.97 Å². The van der Waals surface area contributed by atoms with Crippen LogP contribution in [0.3, 0.4) is 0 Å². The first-order chi connectivity index (χ1) is 9.33. The van der Waals surface area contributed by atoms with Gasteiger partial charge in [0.05, 0.1) is 23.7 Å². The Kier molecular flexibility index (Phi) is 6.40. The first-order valence-corrected chi connectivity index (χ1v) is 6.28. The van der Waals surface area contributed by atoms with Crippen LogP contribution in [0.1, 0.15) is 36.8 Å². The summed E-state index contributed by atoms with van der Waals surface area (Å²) in [5, 5.41) is 54.1. The van der Waals surface area contributed by atoms with Gasteiger partial charge in [0.15, 0.2) is 0 Å². The van der Waals surface area contributed by atoms with Crippen LogP contribution in [0.25, 0.3) is 0 Å². The van der Waals surface area contributed by atoms with Gasteiger partial charge in [0.2, 0.25) is 0 Å². The maximum absolute atomic E-state index is 9.73. The van der Waals surface area contributed by atoms with Gasteiger partial charge >= 0.3 is 0 Å². The number of nitrogens with zero attached hydrogens (tertiary/aromatic N) is 2. The Morgan fingerprint density at radius 1 is 1.10 bits per heavy atom. The Morgan fingerprint density at radius 3 is 2.30 bits per heavy atom. The molecule has 0 radical (unpaired) electrons. The minimum atomic E-state index is -2.68. The van der Waals surface area contributed by atoms with Gasteiger partial charge in [-0.3, -0.25) is 9.97 Å². The van der Waals surface area contributed by atoms with E-state index in [-0.39, 0.29) is 25.1 Å². The molecule has 0 spiro atoms. The molecule has 0 amide bonds. The van der Waals surface area contributed by atoms with Crippen molar-refractivity contribution in [1.82, 2.24) is 9.97 Å². The summed E-state index contributed by atoms with van der Waals surface area (Å²) in [5.74, 6) is -2.68. The molecule has 0 saturated carbocycles. The van der Waals surface area contributed by atoms with E-state index < -0.39 is 18.2 Å². The van der Waals surface area contributed by atoms with Crippen LogP contribution in [-0.2, 0) is 6.42 Å². The molecule has 0 aliphatic heterocycles. The van der Waals surface area contributed by atoms with Crippen molar-refractivity contribution in [3.63, 3.8) is 0 Å². The van der Waals surface area contributed by atoms with Gasteiger partial charge in [0, 0.05) is 19.2 Å². The SMILES string of the molecule is OCCC(O)C(O)c1cnc(CCCC(O)(O)O)cn1. The quantitative estimate of drug-likeness (QED) is 0.307. The van der Waals surface area contributed by atoms with Gasteiger partial charge in [-0.2, -0.15) is 0 Å². The van der Waals surface area contributed by atoms with Gasteiger partial charge in [-0.05, 0) is 19.3 Å². The Balaban J connectivity index is 2.51. The van der Waals surface area contributed by atoms with Crippen LogP contribution in [0, 0.1) is 0 Å². The first-order valence-electron chi connectivity index (χ1n) is 6.28. The van der Waals surface area contributed by atoms with E-state index in [1.807, 2.05) is 0 Å². The minimum absolute atomic E-state index is 0.0379. The third kappa shape index (κ3) is 5.87. The maximum Gasteiger partial charge on any atom is 0.275 e. The Labute approximate surface area is 116 Å². The highest BCUT2D eigenvalue weighted by Crippen LogP contribution is 2.16. The summed E-state index contributed by atoms with van der Waals surface area (Å²) in [6.45, 7) is -0.241. The normalized spacial score (nSPS) is 15.1. The lowest BCUT2D eigenvalue weighted by Gasteiger charge is -2.16. The second-order valence-corrected chi connectivity index (χ2v) is 4.58. The second-order valence-electron chi connectivity index (χ2n) is 4.58. The topological polar surface area (TPSA) is 147 Å². The molecule has 2 unspecified atom stereocenters. The third-order valence-electron chi connectivity index (χ3n) is 2.76.